The second-order valence-electron chi connectivity index (χ2n) is 8.76. The van der Waals surface area contributed by atoms with Gasteiger partial charge in [0.1, 0.15) is 5.75 Å². The topological polar surface area (TPSA) is 46.6 Å². The van der Waals surface area contributed by atoms with E-state index in [4.69, 9.17) is 4.74 Å². The third kappa shape index (κ3) is 4.70. The van der Waals surface area contributed by atoms with Gasteiger partial charge >= 0.3 is 0 Å². The van der Waals surface area contributed by atoms with Crippen molar-refractivity contribution in [1.82, 2.24) is 4.31 Å². The second kappa shape index (κ2) is 9.88. The van der Waals surface area contributed by atoms with Crippen molar-refractivity contribution in [2.24, 2.45) is 0 Å². The molecule has 4 nitrogen and oxygen atoms in total. The summed E-state index contributed by atoms with van der Waals surface area (Å²) in [6.07, 6.45) is 3.81. The first kappa shape index (κ1) is 23.6. The van der Waals surface area contributed by atoms with Crippen LogP contribution in [-0.2, 0) is 16.6 Å². The van der Waals surface area contributed by atoms with Crippen molar-refractivity contribution in [2.75, 3.05) is 7.11 Å². The molecule has 0 spiro atoms. The molecular weight excluding hydrogens is 466 g/mol. The van der Waals surface area contributed by atoms with Gasteiger partial charge in [-0.1, -0.05) is 84.4 Å². The van der Waals surface area contributed by atoms with Crippen LogP contribution in [0.1, 0.15) is 27.8 Å². The van der Waals surface area contributed by atoms with Crippen LogP contribution in [0.25, 0.3) is 11.1 Å². The summed E-state index contributed by atoms with van der Waals surface area (Å²) in [5, 5.41) is 0. The largest absolute Gasteiger partial charge is 0.497 e. The van der Waals surface area contributed by atoms with E-state index in [9.17, 15) is 8.42 Å². The summed E-state index contributed by atoms with van der Waals surface area (Å²) < 4.78 is 34.2. The Hall–Kier alpha value is -4.09. The number of sulfonamides is 1. The van der Waals surface area contributed by atoms with E-state index in [1.54, 1.807) is 25.4 Å². The van der Waals surface area contributed by atoms with E-state index in [2.05, 4.69) is 30.3 Å². The van der Waals surface area contributed by atoms with Crippen LogP contribution in [0.4, 0.5) is 0 Å². The third-order valence-electron chi connectivity index (χ3n) is 6.33. The molecule has 5 rings (SSSR count). The molecule has 0 atom stereocenters. The van der Waals surface area contributed by atoms with Crippen molar-refractivity contribution >= 4 is 21.2 Å². The van der Waals surface area contributed by atoms with Crippen molar-refractivity contribution in [2.45, 2.75) is 18.4 Å². The number of allylic oxidation sites excluding steroid dienone is 2. The predicted molar refractivity (Wildman–Crippen MR) is 145 cm³/mol. The fourth-order valence-electron chi connectivity index (χ4n) is 4.37. The molecule has 0 saturated carbocycles. The molecule has 36 heavy (non-hydrogen) atoms. The zero-order valence-electron chi connectivity index (χ0n) is 20.3. The van der Waals surface area contributed by atoms with E-state index >= 15 is 0 Å². The van der Waals surface area contributed by atoms with E-state index in [0.717, 1.165) is 44.7 Å². The standard InChI is InChI=1S/C31H27NO3S/c1-23-13-17-29(18-14-23)36(33,34)32-21-26-15-16-28(35-2)20-31(26)27(22-32)19-30(24-9-5-3-6-10-24)25-11-7-4-8-12-25/h3-20,22H,21H2,1-2H3. The van der Waals surface area contributed by atoms with Crippen molar-refractivity contribution in [3.63, 3.8) is 0 Å². The molecule has 0 amide bonds. The molecule has 4 aromatic carbocycles. The van der Waals surface area contributed by atoms with Crippen LogP contribution in [-0.4, -0.2) is 19.8 Å². The predicted octanol–water partition coefficient (Wildman–Crippen LogP) is 6.68. The van der Waals surface area contributed by atoms with E-state index in [-0.39, 0.29) is 11.4 Å². The van der Waals surface area contributed by atoms with E-state index in [1.165, 1.54) is 4.31 Å². The van der Waals surface area contributed by atoms with E-state index in [1.807, 2.05) is 73.7 Å². The lowest BCUT2D eigenvalue weighted by molar-refractivity contribution is 0.414. The van der Waals surface area contributed by atoms with Gasteiger partial charge in [-0.2, -0.15) is 0 Å². The van der Waals surface area contributed by atoms with Crippen LogP contribution < -0.4 is 4.74 Å². The van der Waals surface area contributed by atoms with Crippen molar-refractivity contribution in [1.29, 1.82) is 0 Å². The zero-order chi connectivity index (χ0) is 25.1. The molecule has 0 aromatic heterocycles. The summed E-state index contributed by atoms with van der Waals surface area (Å²) in [5.74, 6) is 0.726. The molecule has 4 aromatic rings. The van der Waals surface area contributed by atoms with Gasteiger partial charge in [0.05, 0.1) is 18.6 Å². The second-order valence-corrected chi connectivity index (χ2v) is 10.7. The van der Waals surface area contributed by atoms with Crippen molar-refractivity contribution in [3.8, 4) is 5.75 Å². The number of hydrogen-bond donors (Lipinski definition) is 0. The first-order valence-corrected chi connectivity index (χ1v) is 13.2. The lowest BCUT2D eigenvalue weighted by Crippen LogP contribution is -2.28. The quantitative estimate of drug-likeness (QED) is 0.301. The Morgan fingerprint density at radius 2 is 1.44 bits per heavy atom. The Kier molecular flexibility index (Phi) is 6.49. The highest BCUT2D eigenvalue weighted by molar-refractivity contribution is 7.89. The lowest BCUT2D eigenvalue weighted by Gasteiger charge is -2.28. The maximum atomic E-state index is 13.6. The molecule has 1 aliphatic heterocycles. The van der Waals surface area contributed by atoms with Crippen LogP contribution in [0.5, 0.6) is 5.75 Å². The normalized spacial score (nSPS) is 12.9. The summed E-state index contributed by atoms with van der Waals surface area (Å²) in [7, 11) is -2.10. The summed E-state index contributed by atoms with van der Waals surface area (Å²) in [6.45, 7) is 2.19. The van der Waals surface area contributed by atoms with Gasteiger partial charge in [-0.05, 0) is 70.7 Å². The summed E-state index contributed by atoms with van der Waals surface area (Å²) in [5.41, 5.74) is 6.79. The molecule has 0 bridgehead atoms. The summed E-state index contributed by atoms with van der Waals surface area (Å²) in [6, 6.07) is 33.0. The first-order chi connectivity index (χ1) is 17.5. The minimum atomic E-state index is -3.74. The molecule has 0 aliphatic carbocycles. The Balaban J connectivity index is 1.70. The maximum Gasteiger partial charge on any atom is 0.264 e. The number of methoxy groups -OCH3 is 1. The third-order valence-corrected chi connectivity index (χ3v) is 8.05. The minimum Gasteiger partial charge on any atom is -0.497 e. The molecule has 180 valence electrons. The van der Waals surface area contributed by atoms with Crippen LogP contribution in [0, 0.1) is 6.92 Å². The van der Waals surface area contributed by atoms with Crippen LogP contribution in [0.15, 0.2) is 120 Å². The van der Waals surface area contributed by atoms with Gasteiger partial charge in [-0.25, -0.2) is 8.42 Å². The Labute approximate surface area is 212 Å². The van der Waals surface area contributed by atoms with Crippen LogP contribution in [0.3, 0.4) is 0 Å². The maximum absolute atomic E-state index is 13.6. The Morgan fingerprint density at radius 1 is 0.833 bits per heavy atom. The summed E-state index contributed by atoms with van der Waals surface area (Å²) in [4.78, 5) is 0.274. The smallest absolute Gasteiger partial charge is 0.264 e. The average Bonchev–Trinajstić information content (AvgIpc) is 2.92. The fraction of sp³-hybridized carbons (Fsp3) is 0.0968. The van der Waals surface area contributed by atoms with Crippen molar-refractivity contribution in [3.05, 3.63) is 143 Å². The molecular formula is C31H27NO3S. The lowest BCUT2D eigenvalue weighted by atomic mass is 9.91. The zero-order valence-corrected chi connectivity index (χ0v) is 21.1. The van der Waals surface area contributed by atoms with Gasteiger partial charge < -0.3 is 4.74 Å². The number of nitrogens with zero attached hydrogens (tertiary/aromatic N) is 1. The van der Waals surface area contributed by atoms with Crippen LogP contribution >= 0.6 is 0 Å². The molecule has 0 saturated heterocycles. The monoisotopic (exact) mass is 493 g/mol. The number of benzene rings is 4. The number of rotatable bonds is 6. The van der Waals surface area contributed by atoms with Gasteiger partial charge in [0.25, 0.3) is 10.0 Å². The van der Waals surface area contributed by atoms with E-state index in [0.29, 0.717) is 0 Å². The minimum absolute atomic E-state index is 0.249. The van der Waals surface area contributed by atoms with Crippen molar-refractivity contribution < 1.29 is 13.2 Å². The van der Waals surface area contributed by atoms with E-state index < -0.39 is 10.0 Å². The molecule has 0 N–H and O–H groups in total. The number of fused-ring (bicyclic) bond motifs is 1. The highest BCUT2D eigenvalue weighted by atomic mass is 32.2. The first-order valence-electron chi connectivity index (χ1n) is 11.8. The van der Waals surface area contributed by atoms with Gasteiger partial charge in [0.15, 0.2) is 0 Å². The SMILES string of the molecule is COc1ccc2c(c1)C(C=C(c1ccccc1)c1ccccc1)=CN(S(=O)(=O)c1ccc(C)cc1)C2. The molecule has 0 fully saturated rings. The molecule has 1 aliphatic rings. The van der Waals surface area contributed by atoms with Gasteiger partial charge in [-0.15, -0.1) is 0 Å². The highest BCUT2D eigenvalue weighted by Crippen LogP contribution is 2.36. The molecule has 0 radical (unpaired) electrons. The molecule has 1 heterocycles. The molecule has 5 heteroatoms. The number of aryl methyl sites for hydroxylation is 1. The Bertz CT molecular complexity index is 1500. The molecule has 0 unspecified atom stereocenters. The highest BCUT2D eigenvalue weighted by Gasteiger charge is 2.27. The number of hydrogen-bond acceptors (Lipinski definition) is 3. The van der Waals surface area contributed by atoms with Gasteiger partial charge in [0, 0.05) is 6.20 Å². The number of ether oxygens (including phenoxy) is 1. The van der Waals surface area contributed by atoms with Gasteiger partial charge in [-0.3, -0.25) is 4.31 Å². The van der Waals surface area contributed by atoms with Crippen LogP contribution in [0.2, 0.25) is 0 Å². The average molecular weight is 494 g/mol. The van der Waals surface area contributed by atoms with Gasteiger partial charge in [0.2, 0.25) is 0 Å². The summed E-state index contributed by atoms with van der Waals surface area (Å²) >= 11 is 0. The fourth-order valence-corrected chi connectivity index (χ4v) is 5.68. The Morgan fingerprint density at radius 3 is 2.03 bits per heavy atom.